The van der Waals surface area contributed by atoms with Gasteiger partial charge in [-0.2, -0.15) is 0 Å². The molecule has 0 aliphatic carbocycles. The zero-order valence-electron chi connectivity index (χ0n) is 16.9. The summed E-state index contributed by atoms with van der Waals surface area (Å²) in [6, 6.07) is 22.1. The van der Waals surface area contributed by atoms with E-state index in [9.17, 15) is 9.90 Å². The van der Waals surface area contributed by atoms with Crippen molar-refractivity contribution >= 4 is 19.7 Å². The van der Waals surface area contributed by atoms with Gasteiger partial charge in [-0.05, 0) is 35.8 Å². The number of ketones is 1. The quantitative estimate of drug-likeness (QED) is 0.431. The number of hydrogen-bond donors (Lipinski definition) is 1. The van der Waals surface area contributed by atoms with E-state index in [-0.39, 0.29) is 10.9 Å². The summed E-state index contributed by atoms with van der Waals surface area (Å²) in [4.78, 5) is 12.1. The number of phenolic OH excluding ortho intramolecular Hbond substituents is 1. The largest absolute Gasteiger partial charge is 0.507 e. The zero-order chi connectivity index (χ0) is 20.3. The van der Waals surface area contributed by atoms with Crippen molar-refractivity contribution < 1.29 is 9.90 Å². The molecular weight excluding hydrogens is 363 g/mol. The Labute approximate surface area is 169 Å². The van der Waals surface area contributed by atoms with Gasteiger partial charge < -0.3 is 5.11 Å². The number of rotatable bonds is 6. The molecule has 2 nitrogen and oxygen atoms in total. The van der Waals surface area contributed by atoms with E-state index in [0.29, 0.717) is 20.8 Å². The van der Waals surface area contributed by atoms with E-state index in [1.807, 2.05) is 48.5 Å². The van der Waals surface area contributed by atoms with Crippen molar-refractivity contribution in [3.63, 3.8) is 0 Å². The highest BCUT2D eigenvalue weighted by atomic mass is 31.1. The van der Waals surface area contributed by atoms with Gasteiger partial charge in [-0.25, -0.2) is 0 Å². The summed E-state index contributed by atoms with van der Waals surface area (Å²) in [6.07, 6.45) is 0.697. The monoisotopic (exact) mass is 390 g/mol. The number of benzene rings is 3. The van der Waals surface area contributed by atoms with Crippen LogP contribution in [-0.2, 0) is 11.6 Å². The van der Waals surface area contributed by atoms with Gasteiger partial charge in [-0.3, -0.25) is 4.79 Å². The SMILES string of the molecule is CC(=O)c1cccc(C)c1PC(C)(C)c1cccc(Cc2ccccc2)c1O. The molecule has 0 amide bonds. The number of hydrogen-bond acceptors (Lipinski definition) is 2. The zero-order valence-corrected chi connectivity index (χ0v) is 17.9. The molecule has 0 saturated heterocycles. The van der Waals surface area contributed by atoms with E-state index in [1.165, 1.54) is 5.56 Å². The maximum Gasteiger partial charge on any atom is 0.160 e. The lowest BCUT2D eigenvalue weighted by molar-refractivity contribution is 0.101. The van der Waals surface area contributed by atoms with Crippen LogP contribution in [0.4, 0.5) is 0 Å². The predicted octanol–water partition coefficient (Wildman–Crippen LogP) is 5.73. The molecule has 0 bridgehead atoms. The molecule has 0 radical (unpaired) electrons. The van der Waals surface area contributed by atoms with Crippen molar-refractivity contribution in [2.24, 2.45) is 0 Å². The van der Waals surface area contributed by atoms with E-state index in [1.54, 1.807) is 6.92 Å². The summed E-state index contributed by atoms with van der Waals surface area (Å²) >= 11 is 0. The number of carbonyl (C=O) groups excluding carboxylic acids is 1. The van der Waals surface area contributed by atoms with Gasteiger partial charge in [0.15, 0.2) is 5.78 Å². The number of carbonyl (C=O) groups is 1. The predicted molar refractivity (Wildman–Crippen MR) is 120 cm³/mol. The van der Waals surface area contributed by atoms with Gasteiger partial charge in [0.05, 0.1) is 0 Å². The molecule has 0 aromatic heterocycles. The van der Waals surface area contributed by atoms with E-state index >= 15 is 0 Å². The van der Waals surface area contributed by atoms with Gasteiger partial charge in [0.1, 0.15) is 5.75 Å². The Balaban J connectivity index is 1.97. The molecule has 1 N–H and O–H groups in total. The Hall–Kier alpha value is -2.44. The second-order valence-corrected chi connectivity index (χ2v) is 9.78. The number of aryl methyl sites for hydroxylation is 1. The second-order valence-electron chi connectivity index (χ2n) is 7.78. The summed E-state index contributed by atoms with van der Waals surface area (Å²) in [5, 5.41) is 11.9. The molecule has 3 rings (SSSR count). The van der Waals surface area contributed by atoms with Crippen molar-refractivity contribution in [3.8, 4) is 5.75 Å². The van der Waals surface area contributed by atoms with Gasteiger partial charge in [-0.1, -0.05) is 89.2 Å². The highest BCUT2D eigenvalue weighted by Gasteiger charge is 2.27. The first-order valence-electron chi connectivity index (χ1n) is 9.53. The van der Waals surface area contributed by atoms with E-state index in [4.69, 9.17) is 0 Å². The molecule has 0 aliphatic rings. The summed E-state index contributed by atoms with van der Waals surface area (Å²) in [5.41, 5.74) is 4.94. The molecular formula is C25H27O2P. The Kier molecular flexibility index (Phi) is 6.01. The highest BCUT2D eigenvalue weighted by molar-refractivity contribution is 7.48. The molecule has 0 saturated carbocycles. The fraction of sp³-hybridized carbons (Fsp3) is 0.240. The molecule has 0 aliphatic heterocycles. The van der Waals surface area contributed by atoms with Crippen LogP contribution in [0.2, 0.25) is 0 Å². The molecule has 0 heterocycles. The van der Waals surface area contributed by atoms with Crippen LogP contribution in [0.25, 0.3) is 0 Å². The molecule has 0 fully saturated rings. The highest BCUT2D eigenvalue weighted by Crippen LogP contribution is 2.46. The van der Waals surface area contributed by atoms with Crippen LogP contribution in [0, 0.1) is 6.92 Å². The first-order valence-corrected chi connectivity index (χ1v) is 10.5. The number of para-hydroxylation sites is 1. The molecule has 144 valence electrons. The fourth-order valence-corrected chi connectivity index (χ4v) is 5.20. The Morgan fingerprint density at radius 1 is 0.964 bits per heavy atom. The first-order chi connectivity index (χ1) is 13.3. The minimum atomic E-state index is -0.285. The molecule has 3 heteroatoms. The average molecular weight is 390 g/mol. The number of Topliss-reactive ketones (excluding diaryl/α,β-unsaturated/α-hetero) is 1. The van der Waals surface area contributed by atoms with Crippen LogP contribution >= 0.6 is 8.58 Å². The topological polar surface area (TPSA) is 37.3 Å². The third-order valence-electron chi connectivity index (χ3n) is 5.12. The second kappa shape index (κ2) is 8.29. The summed E-state index contributed by atoms with van der Waals surface area (Å²) in [6.45, 7) is 7.95. The maximum absolute atomic E-state index is 12.1. The molecule has 1 unspecified atom stereocenters. The summed E-state index contributed by atoms with van der Waals surface area (Å²) in [5.74, 6) is 0.450. The minimum Gasteiger partial charge on any atom is -0.507 e. The Morgan fingerprint density at radius 3 is 2.32 bits per heavy atom. The first kappa shape index (κ1) is 20.3. The fourth-order valence-electron chi connectivity index (χ4n) is 3.56. The Bertz CT molecular complexity index is 991. The van der Waals surface area contributed by atoms with Crippen LogP contribution in [0.3, 0.4) is 0 Å². The lowest BCUT2D eigenvalue weighted by Crippen LogP contribution is -2.20. The Morgan fingerprint density at radius 2 is 1.64 bits per heavy atom. The molecule has 0 spiro atoms. The van der Waals surface area contributed by atoms with Gasteiger partial charge >= 0.3 is 0 Å². The van der Waals surface area contributed by atoms with Gasteiger partial charge in [0, 0.05) is 22.7 Å². The average Bonchev–Trinajstić information content (AvgIpc) is 2.65. The van der Waals surface area contributed by atoms with Gasteiger partial charge in [0.2, 0.25) is 0 Å². The normalized spacial score (nSPS) is 11.9. The molecule has 1 atom stereocenters. The smallest absolute Gasteiger partial charge is 0.160 e. The van der Waals surface area contributed by atoms with Crippen molar-refractivity contribution in [3.05, 3.63) is 94.5 Å². The van der Waals surface area contributed by atoms with Crippen LogP contribution in [0.15, 0.2) is 66.7 Å². The van der Waals surface area contributed by atoms with Crippen LogP contribution in [0.5, 0.6) is 5.75 Å². The standard InChI is InChI=1S/C25H27O2P/c1-17-10-8-14-21(18(2)26)24(17)28-25(3,4)22-15-9-13-20(23(22)27)16-19-11-6-5-7-12-19/h5-15,27-28H,16H2,1-4H3. The maximum atomic E-state index is 12.1. The van der Waals surface area contributed by atoms with Crippen molar-refractivity contribution in [2.45, 2.75) is 39.3 Å². The number of aromatic hydroxyl groups is 1. The van der Waals surface area contributed by atoms with Crippen LogP contribution in [0.1, 0.15) is 53.4 Å². The molecule has 3 aromatic rings. The van der Waals surface area contributed by atoms with E-state index in [0.717, 1.165) is 27.6 Å². The lowest BCUT2D eigenvalue weighted by Gasteiger charge is -2.29. The van der Waals surface area contributed by atoms with Crippen molar-refractivity contribution in [1.82, 2.24) is 0 Å². The molecule has 3 aromatic carbocycles. The van der Waals surface area contributed by atoms with Crippen molar-refractivity contribution in [1.29, 1.82) is 0 Å². The van der Waals surface area contributed by atoms with E-state index < -0.39 is 0 Å². The summed E-state index contributed by atoms with van der Waals surface area (Å²) in [7, 11) is 0.379. The van der Waals surface area contributed by atoms with E-state index in [2.05, 4.69) is 39.0 Å². The minimum absolute atomic E-state index is 0.0871. The van der Waals surface area contributed by atoms with Crippen LogP contribution in [-0.4, -0.2) is 10.9 Å². The molecule has 28 heavy (non-hydrogen) atoms. The third kappa shape index (κ3) is 4.34. The summed E-state index contributed by atoms with van der Waals surface area (Å²) < 4.78 is 0. The van der Waals surface area contributed by atoms with Crippen molar-refractivity contribution in [2.75, 3.05) is 0 Å². The lowest BCUT2D eigenvalue weighted by atomic mass is 9.95. The third-order valence-corrected chi connectivity index (χ3v) is 6.93. The van der Waals surface area contributed by atoms with Gasteiger partial charge in [-0.15, -0.1) is 0 Å². The van der Waals surface area contributed by atoms with Gasteiger partial charge in [0.25, 0.3) is 0 Å². The number of phenols is 1. The van der Waals surface area contributed by atoms with Crippen LogP contribution < -0.4 is 5.30 Å².